The largest absolute Gasteiger partial charge is 0.378 e. The zero-order valence-corrected chi connectivity index (χ0v) is 17.4. The molecule has 0 bridgehead atoms. The summed E-state index contributed by atoms with van der Waals surface area (Å²) >= 11 is 0. The first-order valence-electron chi connectivity index (χ1n) is 10.6. The second-order valence-corrected chi connectivity index (χ2v) is 8.26. The third kappa shape index (κ3) is 4.72. The third-order valence-electron chi connectivity index (χ3n) is 6.39. The number of hydrogen-bond acceptors (Lipinski definition) is 4. The van der Waals surface area contributed by atoms with E-state index in [1.165, 1.54) is 18.4 Å². The minimum atomic E-state index is 0.122. The number of aryl methyl sites for hydroxylation is 1. The van der Waals surface area contributed by atoms with Gasteiger partial charge in [-0.2, -0.15) is 5.10 Å². The monoisotopic (exact) mass is 376 g/mol. The Bertz CT molecular complexity index is 617. The molecule has 1 aromatic rings. The number of carbonyl (C=O) groups is 1. The number of nitrogens with zero attached hydrogens (tertiary/aromatic N) is 4. The minimum Gasteiger partial charge on any atom is -0.378 e. The highest BCUT2D eigenvalue weighted by Crippen LogP contribution is 2.36. The van der Waals surface area contributed by atoms with Crippen molar-refractivity contribution < 1.29 is 9.53 Å². The molecule has 0 aromatic carbocycles. The Kier molecular flexibility index (Phi) is 6.93. The fourth-order valence-corrected chi connectivity index (χ4v) is 4.92. The number of amides is 1. The molecule has 152 valence electrons. The molecule has 0 N–H and O–H groups in total. The van der Waals surface area contributed by atoms with E-state index in [1.807, 2.05) is 29.9 Å². The van der Waals surface area contributed by atoms with Gasteiger partial charge in [0.2, 0.25) is 5.91 Å². The molecule has 0 aliphatic carbocycles. The lowest BCUT2D eigenvalue weighted by molar-refractivity contribution is -0.140. The molecule has 1 aromatic heterocycles. The van der Waals surface area contributed by atoms with Crippen LogP contribution in [0.4, 0.5) is 0 Å². The van der Waals surface area contributed by atoms with Gasteiger partial charge in [-0.25, -0.2) is 0 Å². The third-order valence-corrected chi connectivity index (χ3v) is 6.39. The molecule has 6 nitrogen and oxygen atoms in total. The molecule has 2 aliphatic heterocycles. The van der Waals surface area contributed by atoms with Crippen LogP contribution in [-0.4, -0.2) is 64.9 Å². The van der Waals surface area contributed by atoms with Gasteiger partial charge in [0.1, 0.15) is 0 Å². The highest BCUT2D eigenvalue weighted by atomic mass is 16.5. The molecule has 0 radical (unpaired) electrons. The Morgan fingerprint density at radius 2 is 2.19 bits per heavy atom. The zero-order valence-electron chi connectivity index (χ0n) is 17.4. The number of hydrogen-bond donors (Lipinski definition) is 0. The summed E-state index contributed by atoms with van der Waals surface area (Å²) in [6.45, 7) is 8.07. The summed E-state index contributed by atoms with van der Waals surface area (Å²) in [5, 5.41) is 4.40. The molecule has 6 heteroatoms. The highest BCUT2D eigenvalue weighted by Gasteiger charge is 2.35. The van der Waals surface area contributed by atoms with Crippen LogP contribution in [0.2, 0.25) is 0 Å². The lowest BCUT2D eigenvalue weighted by Crippen LogP contribution is -2.45. The fraction of sp³-hybridized carbons (Fsp3) is 0.810. The van der Waals surface area contributed by atoms with E-state index >= 15 is 0 Å². The fourth-order valence-electron chi connectivity index (χ4n) is 4.92. The lowest BCUT2D eigenvalue weighted by Gasteiger charge is -2.42. The maximum Gasteiger partial charge on any atom is 0.225 e. The number of carbonyl (C=O) groups excluding carboxylic acids is 1. The topological polar surface area (TPSA) is 50.6 Å². The molecule has 2 fully saturated rings. The Labute approximate surface area is 163 Å². The summed E-state index contributed by atoms with van der Waals surface area (Å²) in [6.07, 6.45) is 9.47. The van der Waals surface area contributed by atoms with Gasteiger partial charge in [-0.3, -0.25) is 14.4 Å². The predicted octanol–water partition coefficient (Wildman–Crippen LogP) is 2.86. The van der Waals surface area contributed by atoms with Gasteiger partial charge >= 0.3 is 0 Å². The Morgan fingerprint density at radius 1 is 1.37 bits per heavy atom. The summed E-state index contributed by atoms with van der Waals surface area (Å²) in [7, 11) is 3.96. The van der Waals surface area contributed by atoms with Crippen molar-refractivity contribution in [3.8, 4) is 0 Å². The van der Waals surface area contributed by atoms with Gasteiger partial charge < -0.3 is 9.64 Å². The number of likely N-dealkylation sites (tertiary alicyclic amines) is 1. The summed E-state index contributed by atoms with van der Waals surface area (Å²) in [5.41, 5.74) is 1.28. The van der Waals surface area contributed by atoms with Crippen molar-refractivity contribution in [2.45, 2.75) is 58.1 Å². The molecule has 3 heterocycles. The molecule has 0 spiro atoms. The van der Waals surface area contributed by atoms with Gasteiger partial charge in [-0.15, -0.1) is 0 Å². The molecule has 1 amide bonds. The molecular weight excluding hydrogens is 340 g/mol. The minimum absolute atomic E-state index is 0.122. The van der Waals surface area contributed by atoms with E-state index in [1.54, 1.807) is 0 Å². The van der Waals surface area contributed by atoms with Crippen LogP contribution in [0.3, 0.4) is 0 Å². The van der Waals surface area contributed by atoms with Gasteiger partial charge in [-0.05, 0) is 51.1 Å². The van der Waals surface area contributed by atoms with E-state index in [4.69, 9.17) is 4.74 Å². The summed E-state index contributed by atoms with van der Waals surface area (Å²) in [5.74, 6) is 0.880. The number of rotatable bonds is 6. The number of ether oxygens (including phenoxy) is 1. The van der Waals surface area contributed by atoms with Crippen molar-refractivity contribution in [2.24, 2.45) is 18.9 Å². The molecular formula is C21H36N4O2. The summed E-state index contributed by atoms with van der Waals surface area (Å²) in [6, 6.07) is 0.353. The maximum atomic E-state index is 13.1. The standard InChI is InChI=1S/C21H36N4O2/c1-5-19-12-16(9-11-27-19)21(26)23(3)14-17-8-7-10-25(6-2)20(17)18-13-22-24(4)15-18/h13,15-17,19-20H,5-12,14H2,1-4H3/t16?,17-,19?,20+/m0/s1. The van der Waals surface area contributed by atoms with E-state index < -0.39 is 0 Å². The van der Waals surface area contributed by atoms with Gasteiger partial charge in [0.15, 0.2) is 0 Å². The predicted molar refractivity (Wildman–Crippen MR) is 106 cm³/mol. The van der Waals surface area contributed by atoms with E-state index in [0.29, 0.717) is 24.5 Å². The van der Waals surface area contributed by atoms with Gasteiger partial charge in [-0.1, -0.05) is 13.8 Å². The van der Waals surface area contributed by atoms with Gasteiger partial charge in [0.05, 0.1) is 12.3 Å². The van der Waals surface area contributed by atoms with Crippen molar-refractivity contribution >= 4 is 5.91 Å². The van der Waals surface area contributed by atoms with Crippen LogP contribution in [-0.2, 0) is 16.6 Å². The van der Waals surface area contributed by atoms with Crippen LogP contribution in [0.5, 0.6) is 0 Å². The van der Waals surface area contributed by atoms with Crippen LogP contribution in [0.15, 0.2) is 12.4 Å². The molecule has 27 heavy (non-hydrogen) atoms. The molecule has 2 aliphatic rings. The van der Waals surface area contributed by atoms with Crippen molar-refractivity contribution in [1.82, 2.24) is 19.6 Å². The van der Waals surface area contributed by atoms with Gasteiger partial charge in [0.25, 0.3) is 0 Å². The molecule has 4 atom stereocenters. The van der Waals surface area contributed by atoms with Crippen LogP contribution in [0, 0.1) is 11.8 Å². The average Bonchev–Trinajstić information content (AvgIpc) is 3.12. The Balaban J connectivity index is 1.68. The van der Waals surface area contributed by atoms with Crippen molar-refractivity contribution in [2.75, 3.05) is 33.3 Å². The molecule has 2 saturated heterocycles. The smallest absolute Gasteiger partial charge is 0.225 e. The number of aromatic nitrogens is 2. The van der Waals surface area contributed by atoms with E-state index in [0.717, 1.165) is 38.9 Å². The Hall–Kier alpha value is -1.40. The maximum absolute atomic E-state index is 13.1. The van der Waals surface area contributed by atoms with Crippen molar-refractivity contribution in [1.29, 1.82) is 0 Å². The first kappa shape index (κ1) is 20.3. The van der Waals surface area contributed by atoms with Crippen LogP contribution in [0.1, 0.15) is 57.6 Å². The normalized spacial score (nSPS) is 29.6. The molecule has 3 rings (SSSR count). The summed E-state index contributed by atoms with van der Waals surface area (Å²) < 4.78 is 7.64. The van der Waals surface area contributed by atoms with Crippen LogP contribution in [0.25, 0.3) is 0 Å². The average molecular weight is 377 g/mol. The van der Waals surface area contributed by atoms with E-state index in [2.05, 4.69) is 30.0 Å². The summed E-state index contributed by atoms with van der Waals surface area (Å²) in [4.78, 5) is 17.6. The molecule has 2 unspecified atom stereocenters. The van der Waals surface area contributed by atoms with E-state index in [-0.39, 0.29) is 12.0 Å². The lowest BCUT2D eigenvalue weighted by atomic mass is 9.85. The SMILES string of the molecule is CCC1CC(C(=O)N(C)C[C@@H]2CCCN(CC)[C@H]2c2cnn(C)c2)CCO1. The van der Waals surface area contributed by atoms with Crippen LogP contribution >= 0.6 is 0 Å². The second kappa shape index (κ2) is 9.20. The van der Waals surface area contributed by atoms with E-state index in [9.17, 15) is 4.79 Å². The number of piperidine rings is 1. The first-order chi connectivity index (χ1) is 13.0. The quantitative estimate of drug-likeness (QED) is 0.766. The van der Waals surface area contributed by atoms with Crippen LogP contribution < -0.4 is 0 Å². The highest BCUT2D eigenvalue weighted by molar-refractivity contribution is 5.78. The van der Waals surface area contributed by atoms with Crippen molar-refractivity contribution in [3.63, 3.8) is 0 Å². The molecule has 0 saturated carbocycles. The second-order valence-electron chi connectivity index (χ2n) is 8.26. The zero-order chi connectivity index (χ0) is 19.4. The van der Waals surface area contributed by atoms with Gasteiger partial charge in [0, 0.05) is 51.0 Å². The Morgan fingerprint density at radius 3 is 2.85 bits per heavy atom. The van der Waals surface area contributed by atoms with Crippen molar-refractivity contribution in [3.05, 3.63) is 18.0 Å². The first-order valence-corrected chi connectivity index (χ1v) is 10.6.